The SMILES string of the molecule is NC(Cc1ccc(Cl)cc1Cl)CC1CCC1. The van der Waals surface area contributed by atoms with Crippen LogP contribution in [0.4, 0.5) is 0 Å². The van der Waals surface area contributed by atoms with Gasteiger partial charge in [-0.2, -0.15) is 0 Å². The maximum absolute atomic E-state index is 6.13. The molecular weight excluding hydrogens is 241 g/mol. The smallest absolute Gasteiger partial charge is 0.0453 e. The molecule has 0 bridgehead atoms. The first kappa shape index (κ1) is 12.2. The van der Waals surface area contributed by atoms with Crippen LogP contribution in [0.3, 0.4) is 0 Å². The summed E-state index contributed by atoms with van der Waals surface area (Å²) in [4.78, 5) is 0. The Morgan fingerprint density at radius 3 is 2.62 bits per heavy atom. The molecule has 1 unspecified atom stereocenters. The van der Waals surface area contributed by atoms with Crippen molar-refractivity contribution in [2.24, 2.45) is 11.7 Å². The van der Waals surface area contributed by atoms with Crippen LogP contribution in [0, 0.1) is 5.92 Å². The van der Waals surface area contributed by atoms with Crippen molar-refractivity contribution in [1.29, 1.82) is 0 Å². The molecule has 1 atom stereocenters. The number of hydrogen-bond acceptors (Lipinski definition) is 1. The number of nitrogens with two attached hydrogens (primary N) is 1. The molecular formula is C13H17Cl2N. The predicted octanol–water partition coefficient (Wildman–Crippen LogP) is 4.05. The monoisotopic (exact) mass is 257 g/mol. The average Bonchev–Trinajstić information content (AvgIpc) is 2.16. The average molecular weight is 258 g/mol. The van der Waals surface area contributed by atoms with Gasteiger partial charge in [0.05, 0.1) is 0 Å². The van der Waals surface area contributed by atoms with Crippen LogP contribution in [0.5, 0.6) is 0 Å². The van der Waals surface area contributed by atoms with Crippen LogP contribution in [0.15, 0.2) is 18.2 Å². The Labute approximate surface area is 107 Å². The van der Waals surface area contributed by atoms with Gasteiger partial charge in [0.2, 0.25) is 0 Å². The second-order valence-electron chi connectivity index (χ2n) is 4.73. The molecule has 0 aliphatic heterocycles. The molecule has 2 rings (SSSR count). The fourth-order valence-electron chi connectivity index (χ4n) is 2.21. The lowest BCUT2D eigenvalue weighted by Gasteiger charge is -2.28. The summed E-state index contributed by atoms with van der Waals surface area (Å²) >= 11 is 12.0. The summed E-state index contributed by atoms with van der Waals surface area (Å²) in [5, 5.41) is 1.41. The van der Waals surface area contributed by atoms with Gasteiger partial charge in [0.25, 0.3) is 0 Å². The van der Waals surface area contributed by atoms with Gasteiger partial charge in [-0.1, -0.05) is 48.5 Å². The molecule has 1 nitrogen and oxygen atoms in total. The highest BCUT2D eigenvalue weighted by Crippen LogP contribution is 2.31. The minimum atomic E-state index is 0.226. The van der Waals surface area contributed by atoms with Crippen molar-refractivity contribution in [3.05, 3.63) is 33.8 Å². The van der Waals surface area contributed by atoms with Crippen molar-refractivity contribution in [2.45, 2.75) is 38.1 Å². The van der Waals surface area contributed by atoms with Crippen LogP contribution in [0.25, 0.3) is 0 Å². The standard InChI is InChI=1S/C13H17Cl2N/c14-11-5-4-10(13(15)8-11)7-12(16)6-9-2-1-3-9/h4-5,8-9,12H,1-3,6-7,16H2. The Kier molecular flexibility index (Phi) is 4.12. The minimum Gasteiger partial charge on any atom is -0.327 e. The largest absolute Gasteiger partial charge is 0.327 e. The normalized spacial score (nSPS) is 18.2. The topological polar surface area (TPSA) is 26.0 Å². The predicted molar refractivity (Wildman–Crippen MR) is 70.1 cm³/mol. The lowest BCUT2D eigenvalue weighted by molar-refractivity contribution is 0.275. The van der Waals surface area contributed by atoms with E-state index in [9.17, 15) is 0 Å². The zero-order valence-electron chi connectivity index (χ0n) is 9.26. The van der Waals surface area contributed by atoms with Crippen molar-refractivity contribution < 1.29 is 0 Å². The van der Waals surface area contributed by atoms with E-state index < -0.39 is 0 Å². The molecule has 16 heavy (non-hydrogen) atoms. The number of halogens is 2. The second-order valence-corrected chi connectivity index (χ2v) is 5.58. The van der Waals surface area contributed by atoms with Gasteiger partial charge in [-0.05, 0) is 36.5 Å². The fraction of sp³-hybridized carbons (Fsp3) is 0.538. The highest BCUT2D eigenvalue weighted by Gasteiger charge is 2.20. The molecule has 1 aliphatic rings. The zero-order valence-corrected chi connectivity index (χ0v) is 10.8. The minimum absolute atomic E-state index is 0.226. The molecule has 0 spiro atoms. The van der Waals surface area contributed by atoms with Crippen LogP contribution in [-0.4, -0.2) is 6.04 Å². The van der Waals surface area contributed by atoms with Crippen LogP contribution in [0.2, 0.25) is 10.0 Å². The highest BCUT2D eigenvalue weighted by molar-refractivity contribution is 6.35. The highest BCUT2D eigenvalue weighted by atomic mass is 35.5. The zero-order chi connectivity index (χ0) is 11.5. The molecule has 0 radical (unpaired) electrons. The molecule has 0 amide bonds. The van der Waals surface area contributed by atoms with E-state index in [2.05, 4.69) is 0 Å². The van der Waals surface area contributed by atoms with Gasteiger partial charge in [-0.25, -0.2) is 0 Å². The summed E-state index contributed by atoms with van der Waals surface area (Å²) in [5.41, 5.74) is 7.24. The van der Waals surface area contributed by atoms with E-state index in [0.29, 0.717) is 5.02 Å². The summed E-state index contributed by atoms with van der Waals surface area (Å²) in [5.74, 6) is 0.848. The van der Waals surface area contributed by atoms with Gasteiger partial charge >= 0.3 is 0 Å². The van der Waals surface area contributed by atoms with Crippen molar-refractivity contribution >= 4 is 23.2 Å². The molecule has 0 heterocycles. The lowest BCUT2D eigenvalue weighted by atomic mass is 9.80. The second kappa shape index (κ2) is 5.39. The first-order valence-corrected chi connectivity index (χ1v) is 6.60. The summed E-state index contributed by atoms with van der Waals surface area (Å²) < 4.78 is 0. The van der Waals surface area contributed by atoms with Crippen molar-refractivity contribution in [3.8, 4) is 0 Å². The lowest BCUT2D eigenvalue weighted by Crippen LogP contribution is -2.28. The third-order valence-corrected chi connectivity index (χ3v) is 3.94. The Bertz CT molecular complexity index is 361. The molecule has 1 saturated carbocycles. The van der Waals surface area contributed by atoms with Crippen LogP contribution < -0.4 is 5.73 Å². The van der Waals surface area contributed by atoms with Crippen molar-refractivity contribution in [3.63, 3.8) is 0 Å². The molecule has 1 fully saturated rings. The van der Waals surface area contributed by atoms with Crippen LogP contribution >= 0.6 is 23.2 Å². The Morgan fingerprint density at radius 1 is 1.31 bits per heavy atom. The molecule has 1 aromatic carbocycles. The first-order chi connectivity index (χ1) is 7.65. The summed E-state index contributed by atoms with van der Waals surface area (Å²) in [6.45, 7) is 0. The number of hydrogen-bond donors (Lipinski definition) is 1. The fourth-order valence-corrected chi connectivity index (χ4v) is 2.70. The molecule has 88 valence electrons. The van der Waals surface area contributed by atoms with E-state index in [0.717, 1.165) is 29.3 Å². The quantitative estimate of drug-likeness (QED) is 0.866. The maximum atomic E-state index is 6.13. The number of benzene rings is 1. The maximum Gasteiger partial charge on any atom is 0.0453 e. The van der Waals surface area contributed by atoms with Crippen molar-refractivity contribution in [1.82, 2.24) is 0 Å². The van der Waals surface area contributed by atoms with Gasteiger partial charge in [-0.3, -0.25) is 0 Å². The summed E-state index contributed by atoms with van der Waals surface area (Å²) in [7, 11) is 0. The summed E-state index contributed by atoms with van der Waals surface area (Å²) in [6.07, 6.45) is 6.05. The van der Waals surface area contributed by atoms with E-state index >= 15 is 0 Å². The van der Waals surface area contributed by atoms with Gasteiger partial charge in [0.1, 0.15) is 0 Å². The Morgan fingerprint density at radius 2 is 2.06 bits per heavy atom. The van der Waals surface area contributed by atoms with Crippen LogP contribution in [0.1, 0.15) is 31.2 Å². The molecule has 3 heteroatoms. The molecule has 0 aromatic heterocycles. The molecule has 1 aromatic rings. The van der Waals surface area contributed by atoms with Crippen LogP contribution in [-0.2, 0) is 6.42 Å². The van der Waals surface area contributed by atoms with Gasteiger partial charge in [0, 0.05) is 16.1 Å². The van der Waals surface area contributed by atoms with E-state index in [1.54, 1.807) is 6.07 Å². The third kappa shape index (κ3) is 3.13. The summed E-state index contributed by atoms with van der Waals surface area (Å²) in [6, 6.07) is 5.86. The van der Waals surface area contributed by atoms with Gasteiger partial charge in [0.15, 0.2) is 0 Å². The van der Waals surface area contributed by atoms with E-state index in [1.165, 1.54) is 19.3 Å². The molecule has 1 aliphatic carbocycles. The first-order valence-electron chi connectivity index (χ1n) is 5.84. The van der Waals surface area contributed by atoms with E-state index in [-0.39, 0.29) is 6.04 Å². The van der Waals surface area contributed by atoms with Gasteiger partial charge in [-0.15, -0.1) is 0 Å². The number of rotatable bonds is 4. The third-order valence-electron chi connectivity index (χ3n) is 3.36. The van der Waals surface area contributed by atoms with E-state index in [4.69, 9.17) is 28.9 Å². The molecule has 2 N–H and O–H groups in total. The van der Waals surface area contributed by atoms with E-state index in [1.807, 2.05) is 12.1 Å². The van der Waals surface area contributed by atoms with Crippen molar-refractivity contribution in [2.75, 3.05) is 0 Å². The Balaban J connectivity index is 1.91. The molecule has 0 saturated heterocycles. The Hall–Kier alpha value is -0.240. The van der Waals surface area contributed by atoms with Gasteiger partial charge < -0.3 is 5.73 Å².